The Morgan fingerprint density at radius 1 is 0.815 bits per heavy atom. The first-order chi connectivity index (χ1) is 31.2. The number of anilines is 1. The van der Waals surface area contributed by atoms with E-state index in [1.54, 1.807) is 110 Å². The zero-order valence-corrected chi connectivity index (χ0v) is 38.1. The number of nitrogens with zero attached hydrogens (tertiary/aromatic N) is 3. The number of carbonyl (C=O) groups excluding carboxylic acids is 2. The van der Waals surface area contributed by atoms with Crippen LogP contribution in [0, 0.1) is 0 Å². The van der Waals surface area contributed by atoms with E-state index in [0.29, 0.717) is 33.8 Å². The van der Waals surface area contributed by atoms with Crippen LogP contribution in [0.3, 0.4) is 0 Å². The van der Waals surface area contributed by atoms with Gasteiger partial charge in [0.2, 0.25) is 5.34 Å². The third kappa shape index (κ3) is 11.6. The van der Waals surface area contributed by atoms with Gasteiger partial charge in [-0.05, 0) is 85.7 Å². The summed E-state index contributed by atoms with van der Waals surface area (Å²) in [5, 5.41) is 11.6. The number of aromatic nitrogens is 2. The van der Waals surface area contributed by atoms with Gasteiger partial charge in [-0.15, -0.1) is 0 Å². The first-order valence-corrected chi connectivity index (χ1v) is 22.7. The number of aliphatic hydroxyl groups is 1. The Morgan fingerprint density at radius 2 is 1.34 bits per heavy atom. The molecule has 4 N–H and O–H groups in total. The van der Waals surface area contributed by atoms with E-state index in [9.17, 15) is 33.8 Å². The Bertz CT molecular complexity index is 2340. The lowest BCUT2D eigenvalue weighted by Crippen LogP contribution is -2.52. The minimum Gasteiger partial charge on any atom is -0.497 e. The molecule has 0 saturated carbocycles. The van der Waals surface area contributed by atoms with Crippen LogP contribution in [0.25, 0.3) is 0 Å². The van der Waals surface area contributed by atoms with E-state index in [0.717, 1.165) is 10.8 Å². The van der Waals surface area contributed by atoms with Gasteiger partial charge in [0.25, 0.3) is 5.91 Å². The molecule has 1 aliphatic rings. The maximum absolute atomic E-state index is 13.6. The van der Waals surface area contributed by atoms with Crippen LogP contribution >= 0.6 is 7.60 Å². The summed E-state index contributed by atoms with van der Waals surface area (Å²) in [6.45, 7) is 10.0. The molecule has 4 aromatic carbocycles. The average molecular weight is 917 g/mol. The molecule has 0 bridgehead atoms. The lowest BCUT2D eigenvalue weighted by Gasteiger charge is -2.39. The van der Waals surface area contributed by atoms with Crippen molar-refractivity contribution in [1.82, 2.24) is 14.5 Å². The molecule has 1 aromatic heterocycles. The average Bonchev–Trinajstić information content (AvgIpc) is 3.61. The molecule has 1 fully saturated rings. The van der Waals surface area contributed by atoms with Gasteiger partial charge in [-0.2, -0.15) is 4.98 Å². The molecule has 1 saturated heterocycles. The van der Waals surface area contributed by atoms with Crippen LogP contribution in [0.2, 0.25) is 0 Å². The Balaban J connectivity index is 0.00000105. The number of benzene rings is 4. The summed E-state index contributed by atoms with van der Waals surface area (Å²) in [5.74, 6) is -0.523. The maximum Gasteiger partial charge on any atom is 0.362 e. The van der Waals surface area contributed by atoms with Gasteiger partial charge < -0.3 is 53.5 Å². The predicted octanol–water partition coefficient (Wildman–Crippen LogP) is 5.58. The second-order valence-electron chi connectivity index (χ2n) is 14.6. The zero-order chi connectivity index (χ0) is 47.2. The molecule has 18 heteroatoms. The van der Waals surface area contributed by atoms with E-state index < -0.39 is 67.8 Å². The lowest BCUT2D eigenvalue weighted by atomic mass is 9.80. The normalized spacial score (nSPS) is 18.3. The number of methoxy groups -OCH3 is 2. The minimum absolute atomic E-state index is 0.0379. The van der Waals surface area contributed by atoms with E-state index in [4.69, 9.17) is 28.4 Å². The van der Waals surface area contributed by atoms with Crippen molar-refractivity contribution in [2.24, 2.45) is 0 Å². The zero-order valence-electron chi connectivity index (χ0n) is 37.2. The van der Waals surface area contributed by atoms with Crippen LogP contribution in [0.15, 0.2) is 126 Å². The third-order valence-electron chi connectivity index (χ3n) is 11.0. The molecule has 348 valence electrons. The number of nitrogens with one attached hydrogen (secondary N) is 1. The molecule has 1 amide bonds. The van der Waals surface area contributed by atoms with Crippen LogP contribution in [-0.4, -0.2) is 112 Å². The number of rotatable bonds is 19. The molecule has 6 rings (SSSR count). The van der Waals surface area contributed by atoms with Crippen molar-refractivity contribution in [3.8, 4) is 11.5 Å². The number of hydrogen-bond donors (Lipinski definition) is 4. The Hall–Kier alpha value is -5.75. The van der Waals surface area contributed by atoms with Crippen molar-refractivity contribution in [2.45, 2.75) is 57.1 Å². The highest BCUT2D eigenvalue weighted by Gasteiger charge is 2.67. The first-order valence-electron chi connectivity index (χ1n) is 21.1. The highest BCUT2D eigenvalue weighted by Crippen LogP contribution is 2.60. The monoisotopic (exact) mass is 916 g/mol. The van der Waals surface area contributed by atoms with Crippen molar-refractivity contribution in [1.29, 1.82) is 0 Å². The highest BCUT2D eigenvalue weighted by molar-refractivity contribution is 7.53. The third-order valence-corrected chi connectivity index (χ3v) is 12.4. The summed E-state index contributed by atoms with van der Waals surface area (Å²) in [4.78, 5) is 67.1. The molecule has 5 aromatic rings. The van der Waals surface area contributed by atoms with Gasteiger partial charge in [0.1, 0.15) is 41.7 Å². The van der Waals surface area contributed by atoms with Crippen LogP contribution in [0.1, 0.15) is 61.0 Å². The second kappa shape index (κ2) is 22.9. The number of hydrogen-bond acceptors (Lipinski definition) is 13. The van der Waals surface area contributed by atoms with Gasteiger partial charge in [-0.25, -0.2) is 9.59 Å². The molecule has 1 aliphatic heterocycles. The number of esters is 1. The van der Waals surface area contributed by atoms with E-state index in [2.05, 4.69) is 36.0 Å². The quantitative estimate of drug-likeness (QED) is 0.0452. The highest BCUT2D eigenvalue weighted by atomic mass is 31.2. The molecule has 0 spiro atoms. The topological polar surface area (TPSA) is 217 Å². The van der Waals surface area contributed by atoms with Gasteiger partial charge in [-0.3, -0.25) is 13.9 Å². The molecular weight excluding hydrogens is 860 g/mol. The van der Waals surface area contributed by atoms with Gasteiger partial charge in [-0.1, -0.05) is 93.6 Å². The molecule has 17 nitrogen and oxygen atoms in total. The molecule has 0 radical (unpaired) electrons. The largest absolute Gasteiger partial charge is 0.497 e. The van der Waals surface area contributed by atoms with Crippen LogP contribution in [0.4, 0.5) is 5.82 Å². The van der Waals surface area contributed by atoms with Gasteiger partial charge >= 0.3 is 19.3 Å². The maximum atomic E-state index is 13.6. The molecule has 2 heterocycles. The molecular formula is C47H57N4O13P. The Morgan fingerprint density at radius 3 is 1.80 bits per heavy atom. The van der Waals surface area contributed by atoms with Gasteiger partial charge in [0.15, 0.2) is 6.23 Å². The number of ether oxygens (including phenoxy) is 6. The molecule has 4 atom stereocenters. The summed E-state index contributed by atoms with van der Waals surface area (Å²) >= 11 is 0. The first kappa shape index (κ1) is 50.3. The molecule has 0 unspecified atom stereocenters. The summed E-state index contributed by atoms with van der Waals surface area (Å²) in [6.07, 6.45) is -4.65. The SMILES string of the molecule is CCN(CC)CC.CCOC(=O)CO[C@H]1[C@H](n2ccc(NC(=O)c3ccccc3)nc2=O)O[C@H](COC(c2ccccc2)(c2ccc(OC)cc2)c2ccc(OC)cc2)[C@]1(O)P(=O)(O)O. The van der Waals surface area contributed by atoms with Crippen LogP contribution in [0.5, 0.6) is 11.5 Å². The van der Waals surface area contributed by atoms with Crippen LogP contribution in [-0.2, 0) is 33.9 Å². The predicted molar refractivity (Wildman–Crippen MR) is 242 cm³/mol. The number of carbonyl (C=O) groups is 2. The Labute approximate surface area is 378 Å². The smallest absolute Gasteiger partial charge is 0.362 e. The van der Waals surface area contributed by atoms with E-state index in [1.165, 1.54) is 39.9 Å². The lowest BCUT2D eigenvalue weighted by molar-refractivity contribution is -0.156. The standard InChI is InChI=1S/C41H42N3O13P.C6H15N/c1-4-54-35(45)26-55-36-38(44-24-23-34(43-39(44)47)42-37(46)27-11-7-5-8-12-27)57-33(41(36,48)58(49,50)51)25-56-40(28-13-9-6-10-14-28,29-15-19-31(52-2)20-16-29)30-17-21-32(53-3)22-18-30;1-4-7(5-2)6-3/h5-24,33,36,38,48H,4,25-26H2,1-3H3,(H2,49,50,51)(H,42,43,46,47);4-6H2,1-3H3/t33-,36+,38-,41+;/m1./s1. The van der Waals surface area contributed by atoms with Crippen molar-refractivity contribution < 1.29 is 57.5 Å². The fraction of sp³-hybridized carbons (Fsp3) is 0.362. The summed E-state index contributed by atoms with van der Waals surface area (Å²) in [5.41, 5.74) is -0.584. The Kier molecular flexibility index (Phi) is 17.7. The van der Waals surface area contributed by atoms with E-state index in [1.807, 2.05) is 6.07 Å². The summed E-state index contributed by atoms with van der Waals surface area (Å²) in [7, 11) is -2.68. The van der Waals surface area contributed by atoms with Gasteiger partial charge in [0, 0.05) is 11.8 Å². The van der Waals surface area contributed by atoms with Crippen molar-refractivity contribution in [3.05, 3.63) is 154 Å². The van der Waals surface area contributed by atoms with Crippen molar-refractivity contribution >= 4 is 25.3 Å². The van der Waals surface area contributed by atoms with Crippen molar-refractivity contribution in [2.75, 3.05) is 59.0 Å². The molecule has 0 aliphatic carbocycles. The minimum atomic E-state index is -5.72. The van der Waals surface area contributed by atoms with Gasteiger partial charge in [0.05, 0.1) is 27.4 Å². The number of amides is 1. The second-order valence-corrected chi connectivity index (χ2v) is 16.4. The fourth-order valence-corrected chi connectivity index (χ4v) is 8.47. The summed E-state index contributed by atoms with van der Waals surface area (Å²) in [6, 6.07) is 32.4. The van der Waals surface area contributed by atoms with E-state index in [-0.39, 0.29) is 12.4 Å². The van der Waals surface area contributed by atoms with Crippen molar-refractivity contribution in [3.63, 3.8) is 0 Å². The van der Waals surface area contributed by atoms with E-state index >= 15 is 0 Å². The molecule has 65 heavy (non-hydrogen) atoms. The fourth-order valence-electron chi connectivity index (χ4n) is 7.42. The summed E-state index contributed by atoms with van der Waals surface area (Å²) < 4.78 is 48.9. The van der Waals surface area contributed by atoms with Crippen LogP contribution < -0.4 is 20.5 Å².